The number of hydrogen-bond donors (Lipinski definition) is 1. The van der Waals surface area contributed by atoms with Crippen molar-refractivity contribution < 1.29 is 9.90 Å². The van der Waals surface area contributed by atoms with E-state index in [4.69, 9.17) is 28.3 Å². The summed E-state index contributed by atoms with van der Waals surface area (Å²) in [5, 5.41) is 9.80. The van der Waals surface area contributed by atoms with E-state index in [9.17, 15) is 4.79 Å². The van der Waals surface area contributed by atoms with Crippen molar-refractivity contribution in [3.05, 3.63) is 39.6 Å². The Kier molecular flexibility index (Phi) is 2.37. The summed E-state index contributed by atoms with van der Waals surface area (Å²) < 4.78 is 1.67. The molecule has 2 aromatic heterocycles. The molecule has 0 aliphatic carbocycles. The molecule has 0 aromatic carbocycles. The summed E-state index contributed by atoms with van der Waals surface area (Å²) in [6.45, 7) is 1.80. The lowest BCUT2D eigenvalue weighted by molar-refractivity contribution is 0.0699. The Morgan fingerprint density at radius 2 is 2.07 bits per heavy atom. The number of nitrogens with zero attached hydrogens (tertiary/aromatic N) is 1. The lowest BCUT2D eigenvalue weighted by Gasteiger charge is -2.02. The third kappa shape index (κ3) is 1.58. The molecule has 0 saturated heterocycles. The average molecular weight is 244 g/mol. The summed E-state index contributed by atoms with van der Waals surface area (Å²) in [4.78, 5) is 11.0. The van der Waals surface area contributed by atoms with Gasteiger partial charge in [-0.15, -0.1) is 0 Å². The van der Waals surface area contributed by atoms with Crippen LogP contribution in [0, 0.1) is 6.92 Å². The SMILES string of the molecule is Cc1cc(C(=O)O)c2c(Cl)cc(Cl)cn12. The highest BCUT2D eigenvalue weighted by molar-refractivity contribution is 6.37. The van der Waals surface area contributed by atoms with Gasteiger partial charge in [0.15, 0.2) is 0 Å². The highest BCUT2D eigenvalue weighted by atomic mass is 35.5. The molecule has 2 aromatic rings. The van der Waals surface area contributed by atoms with Crippen LogP contribution in [0.1, 0.15) is 16.1 Å². The average Bonchev–Trinajstić information content (AvgIpc) is 2.44. The third-order valence-electron chi connectivity index (χ3n) is 2.20. The van der Waals surface area contributed by atoms with Crippen molar-refractivity contribution >= 4 is 34.7 Å². The minimum Gasteiger partial charge on any atom is -0.478 e. The van der Waals surface area contributed by atoms with Gasteiger partial charge in [0.25, 0.3) is 0 Å². The Labute approximate surface area is 95.8 Å². The van der Waals surface area contributed by atoms with Gasteiger partial charge >= 0.3 is 5.97 Å². The predicted molar refractivity (Wildman–Crippen MR) is 59.1 cm³/mol. The number of aromatic carboxylic acids is 1. The molecule has 0 spiro atoms. The molecule has 2 rings (SSSR count). The highest BCUT2D eigenvalue weighted by Crippen LogP contribution is 2.27. The molecule has 0 fully saturated rings. The number of carboxylic acids is 1. The van der Waals surface area contributed by atoms with Crippen LogP contribution in [0.2, 0.25) is 10.0 Å². The number of aryl methyl sites for hydroxylation is 1. The summed E-state index contributed by atoms with van der Waals surface area (Å²) in [5.74, 6) is -0.996. The molecule has 0 radical (unpaired) electrons. The van der Waals surface area contributed by atoms with Gasteiger partial charge in [-0.3, -0.25) is 0 Å². The Hall–Kier alpha value is -1.19. The molecule has 0 bridgehead atoms. The first-order chi connectivity index (χ1) is 7.00. The van der Waals surface area contributed by atoms with Crippen LogP contribution in [0.4, 0.5) is 0 Å². The number of pyridine rings is 1. The number of fused-ring (bicyclic) bond motifs is 1. The van der Waals surface area contributed by atoms with E-state index < -0.39 is 5.97 Å². The summed E-state index contributed by atoms with van der Waals surface area (Å²) in [6.07, 6.45) is 1.64. The molecule has 3 nitrogen and oxygen atoms in total. The first-order valence-electron chi connectivity index (χ1n) is 4.20. The van der Waals surface area contributed by atoms with Crippen molar-refractivity contribution in [3.8, 4) is 0 Å². The Bertz CT molecular complexity index is 560. The molecule has 2 heterocycles. The second-order valence-corrected chi connectivity index (χ2v) is 4.07. The van der Waals surface area contributed by atoms with E-state index in [1.807, 2.05) is 0 Å². The normalized spacial score (nSPS) is 10.9. The van der Waals surface area contributed by atoms with Crippen molar-refractivity contribution in [2.24, 2.45) is 0 Å². The van der Waals surface area contributed by atoms with E-state index in [1.165, 1.54) is 6.07 Å². The van der Waals surface area contributed by atoms with Gasteiger partial charge in [-0.25, -0.2) is 4.79 Å². The van der Waals surface area contributed by atoms with E-state index in [1.54, 1.807) is 23.6 Å². The first kappa shape index (κ1) is 10.3. The van der Waals surface area contributed by atoms with Crippen LogP contribution in [0.25, 0.3) is 5.52 Å². The summed E-state index contributed by atoms with van der Waals surface area (Å²) in [6, 6.07) is 3.10. The van der Waals surface area contributed by atoms with Crippen LogP contribution >= 0.6 is 23.2 Å². The molecule has 0 unspecified atom stereocenters. The van der Waals surface area contributed by atoms with Gasteiger partial charge in [-0.1, -0.05) is 23.2 Å². The van der Waals surface area contributed by atoms with Crippen molar-refractivity contribution in [1.29, 1.82) is 0 Å². The highest BCUT2D eigenvalue weighted by Gasteiger charge is 2.15. The maximum absolute atomic E-state index is 11.0. The molecule has 1 N–H and O–H groups in total. The zero-order chi connectivity index (χ0) is 11.2. The van der Waals surface area contributed by atoms with Crippen LogP contribution in [-0.2, 0) is 0 Å². The van der Waals surface area contributed by atoms with Gasteiger partial charge in [0.05, 0.1) is 21.1 Å². The van der Waals surface area contributed by atoms with Crippen LogP contribution in [0.15, 0.2) is 18.3 Å². The quantitative estimate of drug-likeness (QED) is 0.836. The first-order valence-corrected chi connectivity index (χ1v) is 4.96. The number of rotatable bonds is 1. The monoisotopic (exact) mass is 243 g/mol. The van der Waals surface area contributed by atoms with Crippen molar-refractivity contribution in [2.45, 2.75) is 6.92 Å². The number of carboxylic acid groups (broad SMARTS) is 1. The lowest BCUT2D eigenvalue weighted by Crippen LogP contribution is -1.96. The van der Waals surface area contributed by atoms with Crippen LogP contribution < -0.4 is 0 Å². The second-order valence-electron chi connectivity index (χ2n) is 3.23. The van der Waals surface area contributed by atoms with Gasteiger partial charge < -0.3 is 9.51 Å². The number of halogens is 2. The van der Waals surface area contributed by atoms with Crippen molar-refractivity contribution in [2.75, 3.05) is 0 Å². The molecule has 5 heteroatoms. The van der Waals surface area contributed by atoms with Gasteiger partial charge in [-0.05, 0) is 19.1 Å². The number of carbonyl (C=O) groups is 1. The molecular formula is C10H7Cl2NO2. The predicted octanol–water partition coefficient (Wildman–Crippen LogP) is 3.25. The van der Waals surface area contributed by atoms with Crippen LogP contribution in [0.3, 0.4) is 0 Å². The largest absolute Gasteiger partial charge is 0.478 e. The number of aromatic nitrogens is 1. The van der Waals surface area contributed by atoms with Crippen molar-refractivity contribution in [1.82, 2.24) is 4.40 Å². The molecular weight excluding hydrogens is 237 g/mol. The summed E-state index contributed by atoms with van der Waals surface area (Å²) in [5.41, 5.74) is 1.45. The molecule has 78 valence electrons. The van der Waals surface area contributed by atoms with Gasteiger partial charge in [0.2, 0.25) is 0 Å². The summed E-state index contributed by atoms with van der Waals surface area (Å²) >= 11 is 11.8. The van der Waals surface area contributed by atoms with E-state index in [-0.39, 0.29) is 5.56 Å². The van der Waals surface area contributed by atoms with Gasteiger partial charge in [0, 0.05) is 11.9 Å². The minimum absolute atomic E-state index is 0.189. The minimum atomic E-state index is -0.996. The topological polar surface area (TPSA) is 41.7 Å². The Morgan fingerprint density at radius 3 is 2.67 bits per heavy atom. The van der Waals surface area contributed by atoms with E-state index in [0.717, 1.165) is 5.69 Å². The van der Waals surface area contributed by atoms with Crippen LogP contribution in [0.5, 0.6) is 0 Å². The van der Waals surface area contributed by atoms with Gasteiger partial charge in [-0.2, -0.15) is 0 Å². The van der Waals surface area contributed by atoms with Crippen molar-refractivity contribution in [3.63, 3.8) is 0 Å². The number of hydrogen-bond acceptors (Lipinski definition) is 1. The van der Waals surface area contributed by atoms with Crippen LogP contribution in [-0.4, -0.2) is 15.5 Å². The fraction of sp³-hybridized carbons (Fsp3) is 0.100. The van der Waals surface area contributed by atoms with E-state index in [0.29, 0.717) is 15.6 Å². The molecule has 0 aliphatic rings. The Balaban J connectivity index is 2.93. The fourth-order valence-electron chi connectivity index (χ4n) is 1.58. The summed E-state index contributed by atoms with van der Waals surface area (Å²) in [7, 11) is 0. The zero-order valence-electron chi connectivity index (χ0n) is 7.79. The zero-order valence-corrected chi connectivity index (χ0v) is 9.30. The third-order valence-corrected chi connectivity index (χ3v) is 2.70. The maximum Gasteiger partial charge on any atom is 0.337 e. The Morgan fingerprint density at radius 1 is 1.40 bits per heavy atom. The fourth-order valence-corrected chi connectivity index (χ4v) is 2.15. The standard InChI is InChI=1S/C10H7Cl2NO2/c1-5-2-7(10(14)15)9-8(12)3-6(11)4-13(5)9/h2-4H,1H3,(H,14,15). The molecule has 0 aliphatic heterocycles. The molecule has 0 atom stereocenters. The molecule has 0 amide bonds. The van der Waals surface area contributed by atoms with E-state index >= 15 is 0 Å². The second kappa shape index (κ2) is 3.43. The maximum atomic E-state index is 11.0. The molecule has 15 heavy (non-hydrogen) atoms. The smallest absolute Gasteiger partial charge is 0.337 e. The van der Waals surface area contributed by atoms with Gasteiger partial charge in [0.1, 0.15) is 0 Å². The van der Waals surface area contributed by atoms with E-state index in [2.05, 4.69) is 0 Å². The lowest BCUT2D eigenvalue weighted by atomic mass is 10.2. The molecule has 0 saturated carbocycles.